The van der Waals surface area contributed by atoms with Gasteiger partial charge in [-0.05, 0) is 133 Å². The molecule has 15 nitrogen and oxygen atoms in total. The second kappa shape index (κ2) is 31.7. The van der Waals surface area contributed by atoms with Gasteiger partial charge in [-0.3, -0.25) is 13.2 Å². The van der Waals surface area contributed by atoms with E-state index in [0.29, 0.717) is 5.82 Å². The summed E-state index contributed by atoms with van der Waals surface area (Å²) in [4.78, 5) is 47.1. The van der Waals surface area contributed by atoms with Gasteiger partial charge in [0.25, 0.3) is 0 Å². The van der Waals surface area contributed by atoms with E-state index in [1.54, 1.807) is 0 Å². The molecule has 12 heterocycles. The third-order valence-corrected chi connectivity index (χ3v) is 29.5. The molecule has 0 N–H and O–H groups in total. The van der Waals surface area contributed by atoms with E-state index in [4.69, 9.17) is 58.1 Å². The third-order valence-electron chi connectivity index (χ3n) is 29.5. The zero-order valence-electron chi connectivity index (χ0n) is 77.8. The molecule has 15 heteroatoms. The first kappa shape index (κ1) is 80.9. The Kier molecular flexibility index (Phi) is 17.6. The number of nitrogens with zero attached hydrogens (tertiary/aromatic N) is 12. The van der Waals surface area contributed by atoms with Crippen LogP contribution in [-0.4, -0.2) is 58.1 Å². The predicted molar refractivity (Wildman–Crippen MR) is 597 cm³/mol. The molecule has 676 valence electrons. The zero-order chi connectivity index (χ0) is 95.5. The average molecular weight is 1860 g/mol. The maximum absolute atomic E-state index is 6.32. The Morgan fingerprint density at radius 1 is 0.151 bits per heavy atom. The second-order valence-corrected chi connectivity index (χ2v) is 37.7. The molecule has 0 radical (unpaired) electrons. The van der Waals surface area contributed by atoms with Crippen LogP contribution in [0.1, 0.15) is 0 Å². The lowest BCUT2D eigenvalue weighted by atomic mass is 9.94. The first-order chi connectivity index (χ1) is 72.3. The van der Waals surface area contributed by atoms with Gasteiger partial charge in [-0.2, -0.15) is 0 Å². The van der Waals surface area contributed by atoms with Crippen molar-refractivity contribution >= 4 is 235 Å². The maximum atomic E-state index is 6.32. The van der Waals surface area contributed by atoms with E-state index in [1.165, 1.54) is 10.8 Å². The van der Waals surface area contributed by atoms with Gasteiger partial charge in [-0.25, -0.2) is 44.9 Å². The Labute approximate surface area is 828 Å². The van der Waals surface area contributed by atoms with E-state index in [0.717, 1.165) is 297 Å². The Morgan fingerprint density at radius 3 is 0.918 bits per heavy atom. The summed E-state index contributed by atoms with van der Waals surface area (Å²) in [5, 5.41) is 25.7. The molecule has 0 unspecified atom stereocenters. The van der Waals surface area contributed by atoms with Gasteiger partial charge >= 0.3 is 0 Å². The van der Waals surface area contributed by atoms with Crippen LogP contribution in [0, 0.1) is 0 Å². The highest BCUT2D eigenvalue weighted by atomic mass is 16.3. The van der Waals surface area contributed by atoms with Gasteiger partial charge in [0.1, 0.15) is 33.7 Å². The minimum atomic E-state index is 0.704. The van der Waals surface area contributed by atoms with Crippen LogP contribution >= 0.6 is 0 Å². The van der Waals surface area contributed by atoms with Crippen LogP contribution in [0.5, 0.6) is 0 Å². The number of rotatable bonds is 7. The summed E-state index contributed by atoms with van der Waals surface area (Å²) in [7, 11) is 0. The monoisotopic (exact) mass is 1860 g/mol. The molecule has 0 spiro atoms. The Hall–Kier alpha value is -20.0. The molecule has 0 aliphatic rings. The third kappa shape index (κ3) is 12.6. The topological polar surface area (TPSA) is 169 Å². The van der Waals surface area contributed by atoms with Crippen molar-refractivity contribution in [2.45, 2.75) is 0 Å². The molecule has 12 aromatic heterocycles. The van der Waals surface area contributed by atoms with Crippen molar-refractivity contribution in [3.63, 3.8) is 0 Å². The van der Waals surface area contributed by atoms with E-state index < -0.39 is 0 Å². The van der Waals surface area contributed by atoms with Gasteiger partial charge in [-0.15, -0.1) is 0 Å². The normalized spacial score (nSPS) is 12.1. The highest BCUT2D eigenvalue weighted by molar-refractivity contribution is 6.29. The lowest BCUT2D eigenvalue weighted by Crippen LogP contribution is -1.96. The van der Waals surface area contributed by atoms with Crippen LogP contribution < -0.4 is 0 Å². The van der Waals surface area contributed by atoms with Crippen molar-refractivity contribution in [1.29, 1.82) is 0 Å². The van der Waals surface area contributed by atoms with Crippen LogP contribution in [0.25, 0.3) is 314 Å². The predicted octanol–water partition coefficient (Wildman–Crippen LogP) is 33.9. The standard InChI is InChI=1S/C49H28N4O.C43H24N4O.C39H22N4O/c1-3-11-30(12-4-1)45-46(31-13-5-2-6-14-31)52-47-38-25-32(20-19-29(38)22-24-41(47)50-45)33-21-23-37-39(26-33)34-15-7-8-17-36(34)48-49(37)53-28-43-40(27-44(53)51-48)35-16-9-10-18-42(35)54-43;1-2-11-26(12-3-1)39-40(46-41-28-13-5-4-10-25(28)19-21-35(41)44-39)27-18-20-32-33(22-27)29-14-6-7-16-31(29)42-43(32)47-24-37-34(23-38(47)45-42)30-15-8-9-17-36(30)48-37;1-2-10-23(11-3-1)36-29-15-6-8-16-32(29)40-39(42-36)24-18-19-28-30(20-24)25-12-4-5-14-27(25)37-38(28)43-22-34-31(21-35(43)41-37)26-13-7-9-17-33(26)44-34/h1-28H;1-24H;1-22H. The van der Waals surface area contributed by atoms with Gasteiger partial charge in [-0.1, -0.05) is 352 Å². The molecule has 0 fully saturated rings. The van der Waals surface area contributed by atoms with Gasteiger partial charge in [0.15, 0.2) is 22.6 Å². The summed E-state index contributed by atoms with van der Waals surface area (Å²) in [6.45, 7) is 0. The average Bonchev–Trinajstić information content (AvgIpc) is 1.55. The number of pyridine rings is 3. The summed E-state index contributed by atoms with van der Waals surface area (Å²) < 4.78 is 25.5. The fraction of sp³-hybridized carbons (Fsp3) is 0. The summed E-state index contributed by atoms with van der Waals surface area (Å²) in [5.41, 5.74) is 31.3. The zero-order valence-corrected chi connectivity index (χ0v) is 77.8. The number of benzene rings is 21. The van der Waals surface area contributed by atoms with E-state index in [1.807, 2.05) is 97.1 Å². The second-order valence-electron chi connectivity index (χ2n) is 37.7. The molecule has 146 heavy (non-hydrogen) atoms. The van der Waals surface area contributed by atoms with Crippen LogP contribution in [0.15, 0.2) is 463 Å². The molecule has 21 aromatic carbocycles. The number of para-hydroxylation sites is 4. The summed E-state index contributed by atoms with van der Waals surface area (Å²) in [6.07, 6.45) is 6.28. The number of furan rings is 3. The van der Waals surface area contributed by atoms with Crippen molar-refractivity contribution < 1.29 is 13.3 Å². The molecule has 0 bridgehead atoms. The lowest BCUT2D eigenvalue weighted by molar-refractivity contribution is 0.666. The first-order valence-electron chi connectivity index (χ1n) is 49.0. The number of hydrogen-bond donors (Lipinski definition) is 0. The number of aromatic nitrogens is 12. The highest BCUT2D eigenvalue weighted by Gasteiger charge is 2.27. The molecule has 0 saturated heterocycles. The van der Waals surface area contributed by atoms with Crippen molar-refractivity contribution in [1.82, 2.24) is 58.1 Å². The number of imidazole rings is 3. The fourth-order valence-corrected chi connectivity index (χ4v) is 22.7. The van der Waals surface area contributed by atoms with E-state index in [9.17, 15) is 0 Å². The number of hydrogen-bond acceptors (Lipinski definition) is 12. The summed E-state index contributed by atoms with van der Waals surface area (Å²) in [5.74, 6) is 0.704. The van der Waals surface area contributed by atoms with Gasteiger partial charge in [0.2, 0.25) is 0 Å². The lowest BCUT2D eigenvalue weighted by Gasteiger charge is -2.14. The Bertz CT molecular complexity index is 11400. The molecule has 0 aliphatic heterocycles. The van der Waals surface area contributed by atoms with Crippen molar-refractivity contribution in [2.24, 2.45) is 0 Å². The van der Waals surface area contributed by atoms with Gasteiger partial charge < -0.3 is 13.3 Å². The van der Waals surface area contributed by atoms with Crippen LogP contribution in [-0.2, 0) is 0 Å². The number of fused-ring (bicyclic) bond motifs is 40. The maximum Gasteiger partial charge on any atom is 0.160 e. The Balaban J connectivity index is 0.0000001000. The SMILES string of the molecule is c1ccc(-c2nc(-c3ccc4c(c3)c3ccccc3c3nc5cc6c(cn5c43)oc3ccccc36)nc3ccccc23)cc1.c1ccc(-c2nc3ccc4ccc(-c5ccc6c(c5)c5ccccc5c5nc7cc8c(cn7c65)oc5ccccc58)cc4c3nc2-c2ccccc2)cc1.c1ccc(-c2nc3ccc4ccccc4c3nc2-c2ccc3c(c2)c2ccccc2c2nc4cc5c(cn4c32)oc2ccccc25)cc1. The summed E-state index contributed by atoms with van der Waals surface area (Å²) in [6, 6.07) is 150. The first-order valence-corrected chi connectivity index (χ1v) is 49.0. The molecule has 33 rings (SSSR count). The quantitative estimate of drug-likeness (QED) is 0.139. The molecule has 0 amide bonds. The highest BCUT2D eigenvalue weighted by Crippen LogP contribution is 2.48. The molecule has 0 saturated carbocycles. The van der Waals surface area contributed by atoms with Crippen molar-refractivity contribution in [3.8, 4) is 78.8 Å². The van der Waals surface area contributed by atoms with Crippen LogP contribution in [0.3, 0.4) is 0 Å². The van der Waals surface area contributed by atoms with E-state index in [2.05, 4.69) is 365 Å². The van der Waals surface area contributed by atoms with Crippen molar-refractivity contribution in [3.05, 3.63) is 449 Å². The van der Waals surface area contributed by atoms with Gasteiger partial charge in [0, 0.05) is 114 Å². The molecule has 33 aromatic rings. The summed E-state index contributed by atoms with van der Waals surface area (Å²) >= 11 is 0. The minimum Gasteiger partial charge on any atom is -0.455 e. The molecule has 0 aliphatic carbocycles. The van der Waals surface area contributed by atoms with E-state index >= 15 is 0 Å². The van der Waals surface area contributed by atoms with E-state index in [-0.39, 0.29) is 0 Å². The van der Waals surface area contributed by atoms with Crippen molar-refractivity contribution in [2.75, 3.05) is 0 Å². The van der Waals surface area contributed by atoms with Gasteiger partial charge in [0.05, 0.1) is 108 Å². The fourth-order valence-electron chi connectivity index (χ4n) is 22.7. The smallest absolute Gasteiger partial charge is 0.160 e. The molecular weight excluding hydrogens is 1790 g/mol. The largest absolute Gasteiger partial charge is 0.455 e. The Morgan fingerprint density at radius 2 is 0.466 bits per heavy atom. The molecule has 0 atom stereocenters. The van der Waals surface area contributed by atoms with Crippen LogP contribution in [0.4, 0.5) is 0 Å². The van der Waals surface area contributed by atoms with Crippen LogP contribution in [0.2, 0.25) is 0 Å². The minimum absolute atomic E-state index is 0.704. The molecular formula is C131H74N12O3.